The Morgan fingerprint density at radius 2 is 1.26 bits per heavy atom. The molecule has 1 N–H and O–H groups in total. The van der Waals surface area contributed by atoms with E-state index >= 15 is 0 Å². The Morgan fingerprint density at radius 3 is 1.76 bits per heavy atom. The molecule has 3 rings (SSSR count). The van der Waals surface area contributed by atoms with E-state index in [0.717, 1.165) is 28.0 Å². The minimum atomic E-state index is -0.294. The molecule has 0 aromatic heterocycles. The largest absolute Gasteiger partial charge is 0.508 e. The third-order valence-corrected chi connectivity index (χ3v) is 5.45. The smallest absolute Gasteiger partial charge is 0.196 e. The van der Waals surface area contributed by atoms with Gasteiger partial charge in [0.05, 0.1) is 0 Å². The minimum absolute atomic E-state index is 0.136. The predicted molar refractivity (Wildman–Crippen MR) is 143 cm³/mol. The fourth-order valence-electron chi connectivity index (χ4n) is 3.29. The normalized spacial score (nSPS) is 13.5. The molecule has 176 valence electrons. The molecule has 0 amide bonds. The van der Waals surface area contributed by atoms with E-state index in [9.17, 15) is 5.11 Å². The van der Waals surface area contributed by atoms with Crippen LogP contribution in [0.15, 0.2) is 90.5 Å². The van der Waals surface area contributed by atoms with Crippen molar-refractivity contribution in [2.24, 2.45) is 0 Å². The van der Waals surface area contributed by atoms with Crippen LogP contribution in [0.4, 0.5) is 0 Å². The van der Waals surface area contributed by atoms with Gasteiger partial charge < -0.3 is 14.6 Å². The monoisotopic (exact) mass is 454 g/mol. The average molecular weight is 455 g/mol. The lowest BCUT2D eigenvalue weighted by atomic mass is 9.87. The summed E-state index contributed by atoms with van der Waals surface area (Å²) < 4.78 is 10.8. The first kappa shape index (κ1) is 25.1. The van der Waals surface area contributed by atoms with Crippen molar-refractivity contribution in [1.29, 1.82) is 0 Å². The van der Waals surface area contributed by atoms with Crippen molar-refractivity contribution in [3.05, 3.63) is 113 Å². The molecule has 3 heteroatoms. The first-order valence-corrected chi connectivity index (χ1v) is 11.5. The Hall–Kier alpha value is -3.56. The standard InChI is InChI=1S/C31H34O3/c1-23(33-5)34-30-20-14-27(15-21-30)22-26(9-7-25-12-18-29(32)19-13-25)8-6-24-10-16-28(17-11-24)31(2,3)4/h6-23,32H,1-5H3. The van der Waals surface area contributed by atoms with Crippen LogP contribution in [-0.4, -0.2) is 18.5 Å². The summed E-state index contributed by atoms with van der Waals surface area (Å²) in [6, 6.07) is 23.8. The van der Waals surface area contributed by atoms with Crippen LogP contribution < -0.4 is 4.74 Å². The van der Waals surface area contributed by atoms with Gasteiger partial charge in [-0.05, 0) is 70.5 Å². The molecule has 3 nitrogen and oxygen atoms in total. The number of benzene rings is 3. The molecule has 34 heavy (non-hydrogen) atoms. The van der Waals surface area contributed by atoms with Gasteiger partial charge in [-0.2, -0.15) is 0 Å². The summed E-state index contributed by atoms with van der Waals surface area (Å²) in [5, 5.41) is 9.54. The zero-order chi connectivity index (χ0) is 24.6. The van der Waals surface area contributed by atoms with Crippen LogP contribution in [0.2, 0.25) is 0 Å². The topological polar surface area (TPSA) is 38.7 Å². The molecule has 0 radical (unpaired) electrons. The number of methoxy groups -OCH3 is 1. The lowest BCUT2D eigenvalue weighted by molar-refractivity contribution is -0.0382. The summed E-state index contributed by atoms with van der Waals surface area (Å²) in [4.78, 5) is 0. The van der Waals surface area contributed by atoms with Crippen molar-refractivity contribution in [2.45, 2.75) is 39.4 Å². The van der Waals surface area contributed by atoms with Crippen molar-refractivity contribution >= 4 is 18.2 Å². The highest BCUT2D eigenvalue weighted by molar-refractivity contribution is 5.68. The molecule has 1 atom stereocenters. The number of ether oxygens (including phenoxy) is 2. The third-order valence-electron chi connectivity index (χ3n) is 5.45. The fourth-order valence-corrected chi connectivity index (χ4v) is 3.29. The highest BCUT2D eigenvalue weighted by atomic mass is 16.7. The molecule has 0 saturated heterocycles. The number of allylic oxidation sites excluding steroid dienone is 3. The quantitative estimate of drug-likeness (QED) is 0.278. The maximum absolute atomic E-state index is 9.54. The van der Waals surface area contributed by atoms with Gasteiger partial charge in [0, 0.05) is 7.11 Å². The molecular weight excluding hydrogens is 420 g/mol. The van der Waals surface area contributed by atoms with Gasteiger partial charge in [-0.25, -0.2) is 0 Å². The molecule has 0 spiro atoms. The molecule has 0 bridgehead atoms. The van der Waals surface area contributed by atoms with Gasteiger partial charge >= 0.3 is 0 Å². The van der Waals surface area contributed by atoms with Gasteiger partial charge in [0.25, 0.3) is 0 Å². The highest BCUT2D eigenvalue weighted by Crippen LogP contribution is 2.23. The van der Waals surface area contributed by atoms with Crippen LogP contribution in [0.3, 0.4) is 0 Å². The van der Waals surface area contributed by atoms with E-state index in [0.29, 0.717) is 0 Å². The van der Waals surface area contributed by atoms with Crippen LogP contribution >= 0.6 is 0 Å². The third kappa shape index (κ3) is 7.79. The molecule has 0 fully saturated rings. The zero-order valence-corrected chi connectivity index (χ0v) is 20.7. The predicted octanol–water partition coefficient (Wildman–Crippen LogP) is 7.87. The molecule has 0 saturated carbocycles. The first-order chi connectivity index (χ1) is 16.2. The minimum Gasteiger partial charge on any atom is -0.508 e. The Kier molecular flexibility index (Phi) is 8.50. The summed E-state index contributed by atoms with van der Waals surface area (Å²) in [5.41, 5.74) is 5.73. The molecule has 3 aromatic rings. The second kappa shape index (κ2) is 11.5. The summed E-state index contributed by atoms with van der Waals surface area (Å²) in [6.07, 6.45) is 10.2. The first-order valence-electron chi connectivity index (χ1n) is 11.5. The van der Waals surface area contributed by atoms with E-state index in [4.69, 9.17) is 9.47 Å². The van der Waals surface area contributed by atoms with Crippen molar-refractivity contribution in [3.63, 3.8) is 0 Å². The van der Waals surface area contributed by atoms with Crippen molar-refractivity contribution in [3.8, 4) is 11.5 Å². The summed E-state index contributed by atoms with van der Waals surface area (Å²) in [6.45, 7) is 8.52. The van der Waals surface area contributed by atoms with Gasteiger partial charge in [-0.3, -0.25) is 0 Å². The lowest BCUT2D eigenvalue weighted by Gasteiger charge is -2.18. The molecule has 1 unspecified atom stereocenters. The van der Waals surface area contributed by atoms with Crippen LogP contribution in [0.25, 0.3) is 18.2 Å². The molecule has 3 aromatic carbocycles. The van der Waals surface area contributed by atoms with Crippen LogP contribution in [0.1, 0.15) is 49.9 Å². The zero-order valence-electron chi connectivity index (χ0n) is 20.7. The fraction of sp³-hybridized carbons (Fsp3) is 0.226. The molecule has 0 aliphatic heterocycles. The van der Waals surface area contributed by atoms with Gasteiger partial charge in [-0.1, -0.05) is 93.6 Å². The van der Waals surface area contributed by atoms with E-state index in [-0.39, 0.29) is 17.5 Å². The number of phenols is 1. The Balaban J connectivity index is 1.85. The Labute approximate surface area is 203 Å². The van der Waals surface area contributed by atoms with Gasteiger partial charge in [0.2, 0.25) is 0 Å². The van der Waals surface area contributed by atoms with Crippen molar-refractivity contribution in [2.75, 3.05) is 7.11 Å². The Morgan fingerprint density at radius 1 is 0.765 bits per heavy atom. The number of hydrogen-bond donors (Lipinski definition) is 1. The molecule has 0 heterocycles. The van der Waals surface area contributed by atoms with Crippen LogP contribution in [-0.2, 0) is 10.2 Å². The summed E-state index contributed by atoms with van der Waals surface area (Å²) in [7, 11) is 1.62. The maximum Gasteiger partial charge on any atom is 0.196 e. The molecule has 0 aliphatic rings. The second-order valence-corrected chi connectivity index (χ2v) is 9.26. The van der Waals surface area contributed by atoms with Gasteiger partial charge in [0.15, 0.2) is 6.29 Å². The Bertz CT molecular complexity index is 1130. The second-order valence-electron chi connectivity index (χ2n) is 9.26. The lowest BCUT2D eigenvalue weighted by Crippen LogP contribution is -2.13. The van der Waals surface area contributed by atoms with E-state index in [1.54, 1.807) is 19.2 Å². The van der Waals surface area contributed by atoms with Gasteiger partial charge in [-0.15, -0.1) is 0 Å². The number of phenolic OH excluding ortho intramolecular Hbond substituents is 1. The van der Waals surface area contributed by atoms with Crippen LogP contribution in [0.5, 0.6) is 11.5 Å². The van der Waals surface area contributed by atoms with Crippen molar-refractivity contribution < 1.29 is 14.6 Å². The average Bonchev–Trinajstić information content (AvgIpc) is 2.82. The molecule has 0 aliphatic carbocycles. The maximum atomic E-state index is 9.54. The molecular formula is C31H34O3. The number of rotatable bonds is 8. The van der Waals surface area contributed by atoms with Crippen LogP contribution in [0, 0.1) is 0 Å². The SMILES string of the molecule is COC(C)Oc1ccc(C=C(C=Cc2ccc(O)cc2)C=Cc2ccc(C(C)(C)C)cc2)cc1. The number of aromatic hydroxyl groups is 1. The van der Waals surface area contributed by atoms with E-state index < -0.39 is 0 Å². The van der Waals surface area contributed by atoms with Crippen molar-refractivity contribution in [1.82, 2.24) is 0 Å². The number of hydrogen-bond acceptors (Lipinski definition) is 3. The van der Waals surface area contributed by atoms with Gasteiger partial charge in [0.1, 0.15) is 11.5 Å². The summed E-state index contributed by atoms with van der Waals surface area (Å²) in [5.74, 6) is 1.03. The highest BCUT2D eigenvalue weighted by Gasteiger charge is 2.12. The van der Waals surface area contributed by atoms with E-state index in [1.807, 2.05) is 49.4 Å². The van der Waals surface area contributed by atoms with E-state index in [1.165, 1.54) is 5.56 Å². The summed E-state index contributed by atoms with van der Waals surface area (Å²) >= 11 is 0. The van der Waals surface area contributed by atoms with E-state index in [2.05, 4.69) is 69.3 Å².